The van der Waals surface area contributed by atoms with E-state index in [9.17, 15) is 4.79 Å². The number of carbonyl (C=O) groups is 1. The number of aromatic nitrogens is 4. The minimum atomic E-state index is -0.256. The van der Waals surface area contributed by atoms with Gasteiger partial charge in [-0.15, -0.1) is 5.10 Å². The number of nitrogens with zero attached hydrogens (tertiary/aromatic N) is 5. The molecule has 0 unspecified atom stereocenters. The molecule has 0 atom stereocenters. The molecule has 20 heavy (non-hydrogen) atoms. The fourth-order valence-corrected chi connectivity index (χ4v) is 1.89. The van der Waals surface area contributed by atoms with Gasteiger partial charge < -0.3 is 5.11 Å². The summed E-state index contributed by atoms with van der Waals surface area (Å²) in [6.45, 7) is 0. The first-order chi connectivity index (χ1) is 9.65. The SMILES string of the molecule is Cn1nnnc1SCC(=O)N/N=C/c1ccc(O)cc1. The standard InChI is InChI=1S/C11H12N6O2S/c1-17-11(14-15-16-17)20-7-10(19)13-12-6-8-2-4-9(18)5-3-8/h2-6,18H,7H2,1H3,(H,13,19)/b12-6+. The largest absolute Gasteiger partial charge is 0.508 e. The molecule has 1 amide bonds. The van der Waals surface area contributed by atoms with Gasteiger partial charge in [-0.1, -0.05) is 11.8 Å². The quantitative estimate of drug-likeness (QED) is 0.462. The maximum absolute atomic E-state index is 11.5. The van der Waals surface area contributed by atoms with E-state index in [2.05, 4.69) is 26.1 Å². The number of thioether (sulfide) groups is 1. The number of hydrazone groups is 1. The molecule has 0 aliphatic carbocycles. The predicted octanol–water partition coefficient (Wildman–Crippen LogP) is 0.158. The molecule has 1 heterocycles. The summed E-state index contributed by atoms with van der Waals surface area (Å²) in [5, 5.41) is 24.4. The smallest absolute Gasteiger partial charge is 0.250 e. The van der Waals surface area contributed by atoms with Crippen LogP contribution in [-0.2, 0) is 11.8 Å². The van der Waals surface area contributed by atoms with Crippen LogP contribution in [0.15, 0.2) is 34.5 Å². The Balaban J connectivity index is 1.77. The molecule has 1 aromatic carbocycles. The van der Waals surface area contributed by atoms with Gasteiger partial charge in [0, 0.05) is 7.05 Å². The Bertz CT molecular complexity index is 610. The Morgan fingerprint density at radius 1 is 1.50 bits per heavy atom. The number of carbonyl (C=O) groups excluding carboxylic acids is 1. The van der Waals surface area contributed by atoms with E-state index >= 15 is 0 Å². The molecule has 0 aliphatic rings. The van der Waals surface area contributed by atoms with Crippen LogP contribution in [0.3, 0.4) is 0 Å². The molecule has 0 bridgehead atoms. The molecule has 8 nitrogen and oxygen atoms in total. The first kappa shape index (κ1) is 14.0. The summed E-state index contributed by atoms with van der Waals surface area (Å²) in [4.78, 5) is 11.5. The number of phenols is 1. The first-order valence-corrected chi connectivity index (χ1v) is 6.60. The van der Waals surface area contributed by atoms with Gasteiger partial charge >= 0.3 is 0 Å². The summed E-state index contributed by atoms with van der Waals surface area (Å²) in [6.07, 6.45) is 1.49. The van der Waals surface area contributed by atoms with Gasteiger partial charge in [-0.25, -0.2) is 10.1 Å². The minimum Gasteiger partial charge on any atom is -0.508 e. The van der Waals surface area contributed by atoms with E-state index in [-0.39, 0.29) is 17.4 Å². The van der Waals surface area contributed by atoms with E-state index in [1.165, 1.54) is 22.7 Å². The lowest BCUT2D eigenvalue weighted by molar-refractivity contribution is -0.118. The third kappa shape index (κ3) is 4.05. The second-order valence-corrected chi connectivity index (χ2v) is 4.70. The van der Waals surface area contributed by atoms with Crippen LogP contribution >= 0.6 is 11.8 Å². The average molecular weight is 292 g/mol. The Morgan fingerprint density at radius 3 is 2.90 bits per heavy atom. The Hall–Kier alpha value is -2.42. The molecule has 0 radical (unpaired) electrons. The summed E-state index contributed by atoms with van der Waals surface area (Å²) < 4.78 is 1.48. The molecule has 2 aromatic rings. The van der Waals surface area contributed by atoms with Gasteiger partial charge in [0.1, 0.15) is 5.75 Å². The van der Waals surface area contributed by atoms with Crippen LogP contribution in [0.5, 0.6) is 5.75 Å². The first-order valence-electron chi connectivity index (χ1n) is 5.61. The van der Waals surface area contributed by atoms with Gasteiger partial charge in [0.2, 0.25) is 5.16 Å². The van der Waals surface area contributed by atoms with Crippen LogP contribution < -0.4 is 5.43 Å². The van der Waals surface area contributed by atoms with Crippen molar-refractivity contribution < 1.29 is 9.90 Å². The molecule has 0 fully saturated rings. The lowest BCUT2D eigenvalue weighted by Crippen LogP contribution is -2.19. The number of amides is 1. The summed E-state index contributed by atoms with van der Waals surface area (Å²) in [6, 6.07) is 6.45. The van der Waals surface area contributed by atoms with Crippen molar-refractivity contribution in [1.82, 2.24) is 25.6 Å². The van der Waals surface area contributed by atoms with Crippen LogP contribution in [0, 0.1) is 0 Å². The minimum absolute atomic E-state index is 0.168. The molecule has 2 rings (SSSR count). The molecular weight excluding hydrogens is 280 g/mol. The van der Waals surface area contributed by atoms with Crippen molar-refractivity contribution in [2.75, 3.05) is 5.75 Å². The van der Waals surface area contributed by atoms with Gasteiger partial charge in [0.05, 0.1) is 12.0 Å². The van der Waals surface area contributed by atoms with Crippen LogP contribution in [0.2, 0.25) is 0 Å². The van der Waals surface area contributed by atoms with E-state index in [0.717, 1.165) is 5.56 Å². The van der Waals surface area contributed by atoms with Gasteiger partial charge in [-0.2, -0.15) is 5.10 Å². The Morgan fingerprint density at radius 2 is 2.25 bits per heavy atom. The van der Waals surface area contributed by atoms with E-state index < -0.39 is 0 Å². The molecule has 104 valence electrons. The fourth-order valence-electron chi connectivity index (χ4n) is 1.25. The van der Waals surface area contributed by atoms with E-state index in [4.69, 9.17) is 5.11 Å². The zero-order valence-electron chi connectivity index (χ0n) is 10.6. The van der Waals surface area contributed by atoms with Gasteiger partial charge in [-0.05, 0) is 40.3 Å². The zero-order chi connectivity index (χ0) is 14.4. The van der Waals surface area contributed by atoms with E-state index in [0.29, 0.717) is 5.16 Å². The van der Waals surface area contributed by atoms with Crippen LogP contribution in [0.1, 0.15) is 5.56 Å². The molecule has 0 saturated carbocycles. The van der Waals surface area contributed by atoms with Gasteiger partial charge in [-0.3, -0.25) is 4.79 Å². The number of rotatable bonds is 5. The second kappa shape index (κ2) is 6.66. The van der Waals surface area contributed by atoms with Crippen LogP contribution in [-0.4, -0.2) is 43.2 Å². The van der Waals surface area contributed by atoms with Crippen molar-refractivity contribution in [1.29, 1.82) is 0 Å². The third-order valence-electron chi connectivity index (χ3n) is 2.21. The highest BCUT2D eigenvalue weighted by atomic mass is 32.2. The van der Waals surface area contributed by atoms with E-state index in [1.54, 1.807) is 31.3 Å². The molecule has 0 spiro atoms. The molecular formula is C11H12N6O2S. The molecule has 9 heteroatoms. The van der Waals surface area contributed by atoms with Gasteiger partial charge in [0.15, 0.2) is 0 Å². The van der Waals surface area contributed by atoms with Crippen molar-refractivity contribution in [2.24, 2.45) is 12.1 Å². The summed E-state index contributed by atoms with van der Waals surface area (Å²) in [5.41, 5.74) is 3.17. The number of nitrogens with one attached hydrogen (secondary N) is 1. The average Bonchev–Trinajstić information content (AvgIpc) is 2.84. The van der Waals surface area contributed by atoms with Crippen molar-refractivity contribution in [3.8, 4) is 5.75 Å². The van der Waals surface area contributed by atoms with Crippen LogP contribution in [0.25, 0.3) is 0 Å². The Kier molecular flexibility index (Phi) is 4.66. The van der Waals surface area contributed by atoms with Crippen molar-refractivity contribution in [2.45, 2.75) is 5.16 Å². The second-order valence-electron chi connectivity index (χ2n) is 3.76. The lowest BCUT2D eigenvalue weighted by Gasteiger charge is -1.99. The topological polar surface area (TPSA) is 105 Å². The monoisotopic (exact) mass is 292 g/mol. The maximum Gasteiger partial charge on any atom is 0.250 e. The summed E-state index contributed by atoms with van der Waals surface area (Å²) >= 11 is 1.22. The van der Waals surface area contributed by atoms with Gasteiger partial charge in [0.25, 0.3) is 5.91 Å². The maximum atomic E-state index is 11.5. The molecule has 0 saturated heterocycles. The summed E-state index contributed by atoms with van der Waals surface area (Å²) in [7, 11) is 1.70. The normalized spacial score (nSPS) is 10.8. The summed E-state index contributed by atoms with van der Waals surface area (Å²) in [5.74, 6) is 0.0918. The predicted molar refractivity (Wildman–Crippen MR) is 73.4 cm³/mol. The zero-order valence-corrected chi connectivity index (χ0v) is 11.4. The number of tetrazole rings is 1. The number of hydrogen-bond acceptors (Lipinski definition) is 7. The van der Waals surface area contributed by atoms with Crippen molar-refractivity contribution >= 4 is 23.9 Å². The highest BCUT2D eigenvalue weighted by molar-refractivity contribution is 7.99. The number of hydrogen-bond donors (Lipinski definition) is 2. The molecule has 1 aromatic heterocycles. The molecule has 2 N–H and O–H groups in total. The number of benzene rings is 1. The number of phenolic OH excluding ortho intramolecular Hbond substituents is 1. The highest BCUT2D eigenvalue weighted by Crippen LogP contribution is 2.11. The highest BCUT2D eigenvalue weighted by Gasteiger charge is 2.06. The van der Waals surface area contributed by atoms with Crippen LogP contribution in [0.4, 0.5) is 0 Å². The third-order valence-corrected chi connectivity index (χ3v) is 3.22. The lowest BCUT2D eigenvalue weighted by atomic mass is 10.2. The van der Waals surface area contributed by atoms with Crippen molar-refractivity contribution in [3.05, 3.63) is 29.8 Å². The molecule has 0 aliphatic heterocycles. The number of aryl methyl sites for hydroxylation is 1. The van der Waals surface area contributed by atoms with Crippen molar-refractivity contribution in [3.63, 3.8) is 0 Å². The number of aromatic hydroxyl groups is 1. The Labute approximate surface area is 118 Å². The van der Waals surface area contributed by atoms with E-state index in [1.807, 2.05) is 0 Å². The fraction of sp³-hybridized carbons (Fsp3) is 0.182.